The highest BCUT2D eigenvalue weighted by Crippen LogP contribution is 2.34. The molecule has 0 aliphatic carbocycles. The fourth-order valence-electron chi connectivity index (χ4n) is 2.82. The van der Waals surface area contributed by atoms with Crippen molar-refractivity contribution in [3.63, 3.8) is 0 Å². The predicted molar refractivity (Wildman–Crippen MR) is 116 cm³/mol. The number of benzene rings is 2. The number of hydrogen-bond donors (Lipinski definition) is 0. The van der Waals surface area contributed by atoms with Crippen LogP contribution in [0.25, 0.3) is 10.2 Å². The van der Waals surface area contributed by atoms with Crippen LogP contribution in [0, 0.1) is 10.1 Å². The third-order valence-electron chi connectivity index (χ3n) is 4.29. The Morgan fingerprint density at radius 2 is 1.84 bits per heavy atom. The number of esters is 1. The summed E-state index contributed by atoms with van der Waals surface area (Å²) in [5.74, 6) is -1.14. The van der Waals surface area contributed by atoms with Gasteiger partial charge in [0.05, 0.1) is 42.5 Å². The lowest BCUT2D eigenvalue weighted by Crippen LogP contribution is -2.22. The lowest BCUT2D eigenvalue weighted by atomic mass is 10.1. The number of halogens is 1. The van der Waals surface area contributed by atoms with Gasteiger partial charge < -0.3 is 18.8 Å². The number of aromatic nitrogens is 1. The average molecular weight is 510 g/mol. The van der Waals surface area contributed by atoms with Crippen LogP contribution < -0.4 is 14.3 Å². The summed E-state index contributed by atoms with van der Waals surface area (Å²) in [6.45, 7) is -0.182. The van der Waals surface area contributed by atoms with Crippen LogP contribution in [-0.2, 0) is 16.1 Å². The number of hydrogen-bond acceptors (Lipinski definition) is 8. The molecule has 0 aliphatic rings. The van der Waals surface area contributed by atoms with E-state index < -0.39 is 22.5 Å². The molecule has 0 fully saturated rings. The summed E-state index contributed by atoms with van der Waals surface area (Å²) in [5.41, 5.74) is -0.0901. The van der Waals surface area contributed by atoms with E-state index in [1.807, 2.05) is 6.07 Å². The molecule has 2 aromatic carbocycles. The number of methoxy groups -OCH3 is 3. The third-order valence-corrected chi connectivity index (χ3v) is 5.82. The average Bonchev–Trinajstić information content (AvgIpc) is 3.07. The van der Waals surface area contributed by atoms with Gasteiger partial charge in [-0.05, 0) is 18.2 Å². The molecule has 1 heterocycles. The van der Waals surface area contributed by atoms with E-state index in [9.17, 15) is 19.7 Å². The van der Waals surface area contributed by atoms with Gasteiger partial charge in [-0.1, -0.05) is 27.3 Å². The number of thiazole rings is 1. The van der Waals surface area contributed by atoms with Crippen LogP contribution in [0.3, 0.4) is 0 Å². The molecule has 0 spiro atoms. The van der Waals surface area contributed by atoms with E-state index in [2.05, 4.69) is 20.9 Å². The van der Waals surface area contributed by atoms with Gasteiger partial charge in [-0.25, -0.2) is 0 Å². The van der Waals surface area contributed by atoms with E-state index >= 15 is 0 Å². The summed E-state index contributed by atoms with van der Waals surface area (Å²) in [7, 11) is 3.94. The van der Waals surface area contributed by atoms with E-state index in [-0.39, 0.29) is 28.4 Å². The van der Waals surface area contributed by atoms with E-state index in [1.165, 1.54) is 32.0 Å². The Hall–Kier alpha value is -3.25. The third kappa shape index (κ3) is 4.59. The van der Waals surface area contributed by atoms with E-state index in [0.29, 0.717) is 5.52 Å². The lowest BCUT2D eigenvalue weighted by Gasteiger charge is -2.09. The molecule has 0 saturated heterocycles. The first-order valence-corrected chi connectivity index (χ1v) is 10.2. The Balaban J connectivity index is 2.22. The van der Waals surface area contributed by atoms with Crippen molar-refractivity contribution < 1.29 is 28.7 Å². The highest BCUT2D eigenvalue weighted by molar-refractivity contribution is 9.10. The maximum absolute atomic E-state index is 13.0. The molecule has 0 unspecified atom stereocenters. The van der Waals surface area contributed by atoms with Crippen molar-refractivity contribution in [2.45, 2.75) is 6.54 Å². The zero-order valence-electron chi connectivity index (χ0n) is 16.6. The number of fused-ring (bicyclic) bond motifs is 1. The van der Waals surface area contributed by atoms with Crippen molar-refractivity contribution >= 4 is 55.0 Å². The van der Waals surface area contributed by atoms with E-state index in [1.54, 1.807) is 12.1 Å². The number of ether oxygens (including phenoxy) is 3. The van der Waals surface area contributed by atoms with Crippen molar-refractivity contribution in [1.82, 2.24) is 4.57 Å². The highest BCUT2D eigenvalue weighted by Gasteiger charge is 2.25. The van der Waals surface area contributed by atoms with Gasteiger partial charge in [-0.3, -0.25) is 19.7 Å². The second-order valence-electron chi connectivity index (χ2n) is 6.06. The van der Waals surface area contributed by atoms with E-state index in [4.69, 9.17) is 14.2 Å². The fraction of sp³-hybridized carbons (Fsp3) is 0.211. The van der Waals surface area contributed by atoms with Crippen LogP contribution >= 0.6 is 27.3 Å². The van der Waals surface area contributed by atoms with Gasteiger partial charge in [0.25, 0.3) is 11.6 Å². The Bertz CT molecular complexity index is 1270. The fourth-order valence-corrected chi connectivity index (χ4v) is 4.40. The summed E-state index contributed by atoms with van der Waals surface area (Å²) in [6.07, 6.45) is 0. The maximum Gasteiger partial charge on any atom is 0.325 e. The summed E-state index contributed by atoms with van der Waals surface area (Å²) >= 11 is 4.54. The summed E-state index contributed by atoms with van der Waals surface area (Å²) < 4.78 is 18.0. The van der Waals surface area contributed by atoms with Crippen LogP contribution in [0.4, 0.5) is 5.69 Å². The van der Waals surface area contributed by atoms with Crippen molar-refractivity contribution in [1.29, 1.82) is 0 Å². The maximum atomic E-state index is 13.0. The second-order valence-corrected chi connectivity index (χ2v) is 7.98. The van der Waals surface area contributed by atoms with Crippen molar-refractivity contribution in [2.24, 2.45) is 4.99 Å². The summed E-state index contributed by atoms with van der Waals surface area (Å²) in [6, 6.07) is 7.68. The monoisotopic (exact) mass is 509 g/mol. The lowest BCUT2D eigenvalue weighted by molar-refractivity contribution is -0.385. The number of carbonyl (C=O) groups excluding carboxylic acids is 2. The normalized spacial score (nSPS) is 11.4. The number of amides is 1. The SMILES string of the molecule is COC(=O)Cn1c(=NC(=O)c2cc(OC)c(OC)cc2[N+](=O)[O-])sc2cc(Br)ccc21. The molecule has 3 rings (SSSR count). The predicted octanol–water partition coefficient (Wildman–Crippen LogP) is 3.30. The first-order valence-electron chi connectivity index (χ1n) is 8.64. The van der Waals surface area contributed by atoms with Crippen molar-refractivity contribution in [3.05, 3.63) is 55.3 Å². The smallest absolute Gasteiger partial charge is 0.325 e. The zero-order chi connectivity index (χ0) is 22.7. The quantitative estimate of drug-likeness (QED) is 0.283. The molecule has 0 atom stereocenters. The molecular formula is C19H16BrN3O7S. The molecule has 0 N–H and O–H groups in total. The molecule has 0 saturated carbocycles. The van der Waals surface area contributed by atoms with E-state index in [0.717, 1.165) is 26.6 Å². The minimum absolute atomic E-state index is 0.109. The largest absolute Gasteiger partial charge is 0.493 e. The Morgan fingerprint density at radius 1 is 1.16 bits per heavy atom. The number of carbonyl (C=O) groups is 2. The van der Waals surface area contributed by atoms with Crippen LogP contribution in [0.5, 0.6) is 11.5 Å². The van der Waals surface area contributed by atoms with Crippen molar-refractivity contribution in [2.75, 3.05) is 21.3 Å². The molecule has 31 heavy (non-hydrogen) atoms. The van der Waals surface area contributed by atoms with Gasteiger partial charge in [0.2, 0.25) is 0 Å². The van der Waals surface area contributed by atoms with Crippen LogP contribution in [0.15, 0.2) is 39.8 Å². The molecule has 1 amide bonds. The highest BCUT2D eigenvalue weighted by atomic mass is 79.9. The Morgan fingerprint density at radius 3 is 2.45 bits per heavy atom. The standard InChI is InChI=1S/C19H16BrN3O7S/c1-28-14-7-11(13(23(26)27)8-15(14)29-2)18(25)21-19-22(9-17(24)30-3)12-5-4-10(20)6-16(12)31-19/h4-8H,9H2,1-3H3. The molecule has 162 valence electrons. The second kappa shape index (κ2) is 9.27. The number of nitro benzene ring substituents is 1. The number of nitro groups is 1. The molecule has 10 nitrogen and oxygen atoms in total. The molecule has 0 aliphatic heterocycles. The molecule has 12 heteroatoms. The van der Waals surface area contributed by atoms with Crippen LogP contribution in [0.2, 0.25) is 0 Å². The molecular weight excluding hydrogens is 494 g/mol. The van der Waals surface area contributed by atoms with Gasteiger partial charge in [-0.15, -0.1) is 0 Å². The summed E-state index contributed by atoms with van der Waals surface area (Å²) in [5, 5.41) is 11.5. The van der Waals surface area contributed by atoms with Crippen molar-refractivity contribution in [3.8, 4) is 11.5 Å². The van der Waals surface area contributed by atoms with Gasteiger partial charge >= 0.3 is 5.97 Å². The number of nitrogens with zero attached hydrogens (tertiary/aromatic N) is 3. The molecule has 3 aromatic rings. The number of rotatable bonds is 6. The van der Waals surface area contributed by atoms with Gasteiger partial charge in [-0.2, -0.15) is 4.99 Å². The minimum atomic E-state index is -0.864. The molecule has 1 aromatic heterocycles. The zero-order valence-corrected chi connectivity index (χ0v) is 19.0. The molecule has 0 radical (unpaired) electrons. The Kier molecular flexibility index (Phi) is 6.71. The first kappa shape index (κ1) is 22.4. The first-order chi connectivity index (χ1) is 14.8. The van der Waals surface area contributed by atoms with Crippen LogP contribution in [0.1, 0.15) is 10.4 Å². The minimum Gasteiger partial charge on any atom is -0.493 e. The van der Waals surface area contributed by atoms with Gasteiger partial charge in [0.15, 0.2) is 16.3 Å². The Labute approximate surface area is 188 Å². The van der Waals surface area contributed by atoms with Crippen LogP contribution in [-0.4, -0.2) is 42.7 Å². The summed E-state index contributed by atoms with van der Waals surface area (Å²) in [4.78, 5) is 39.9. The van der Waals surface area contributed by atoms with Gasteiger partial charge in [0, 0.05) is 10.5 Å². The topological polar surface area (TPSA) is 122 Å². The van der Waals surface area contributed by atoms with Gasteiger partial charge in [0.1, 0.15) is 12.1 Å². The molecule has 0 bridgehead atoms.